The molecule has 3 N–H and O–H groups in total. The van der Waals surface area contributed by atoms with Gasteiger partial charge in [0.1, 0.15) is 23.7 Å². The Morgan fingerprint density at radius 3 is 2.76 bits per heavy atom. The van der Waals surface area contributed by atoms with Gasteiger partial charge in [0.25, 0.3) is 0 Å². The Labute approximate surface area is 119 Å². The maximum absolute atomic E-state index is 13.4. The molecule has 1 heterocycles. The molecule has 0 saturated heterocycles. The lowest BCUT2D eigenvalue weighted by molar-refractivity contribution is -0.137. The Balaban J connectivity index is 2.30. The van der Waals surface area contributed by atoms with E-state index in [0.29, 0.717) is 28.1 Å². The van der Waals surface area contributed by atoms with Crippen LogP contribution in [0.2, 0.25) is 0 Å². The van der Waals surface area contributed by atoms with Crippen molar-refractivity contribution in [1.29, 1.82) is 0 Å². The third-order valence-corrected chi connectivity index (χ3v) is 3.19. The summed E-state index contributed by atoms with van der Waals surface area (Å²) in [5.74, 6) is -1.03. The molecule has 0 spiro atoms. The highest BCUT2D eigenvalue weighted by Crippen LogP contribution is 2.28. The van der Waals surface area contributed by atoms with Gasteiger partial charge in [-0.3, -0.25) is 4.79 Å². The molecule has 0 aliphatic carbocycles. The Morgan fingerprint density at radius 2 is 2.05 bits per heavy atom. The van der Waals surface area contributed by atoms with Gasteiger partial charge in [-0.05, 0) is 24.3 Å². The predicted molar refractivity (Wildman–Crippen MR) is 77.2 cm³/mol. The first-order valence-electron chi connectivity index (χ1n) is 6.28. The minimum absolute atomic E-state index is 0.272. The van der Waals surface area contributed by atoms with E-state index >= 15 is 0 Å². The van der Waals surface area contributed by atoms with E-state index in [2.05, 4.69) is 4.98 Å². The molecule has 106 valence electrons. The van der Waals surface area contributed by atoms with Crippen molar-refractivity contribution in [2.24, 2.45) is 0 Å². The lowest BCUT2D eigenvalue weighted by atomic mass is 10.2. The number of aliphatic carboxylic acids is 1. The summed E-state index contributed by atoms with van der Waals surface area (Å²) in [6.45, 7) is -0.272. The molecule has 0 aliphatic rings. The minimum atomic E-state index is -1.01. The molecule has 1 aromatic heterocycles. The van der Waals surface area contributed by atoms with Gasteiger partial charge in [0.05, 0.1) is 11.2 Å². The van der Waals surface area contributed by atoms with Crippen LogP contribution in [0.5, 0.6) is 0 Å². The molecule has 0 amide bonds. The number of carboxylic acids is 1. The summed E-state index contributed by atoms with van der Waals surface area (Å²) in [4.78, 5) is 15.5. The average molecular weight is 285 g/mol. The normalized spacial score (nSPS) is 10.9. The fraction of sp³-hybridized carbons (Fsp3) is 0.0667. The number of hydrogen-bond acceptors (Lipinski definition) is 3. The van der Waals surface area contributed by atoms with Crippen molar-refractivity contribution < 1.29 is 14.3 Å². The van der Waals surface area contributed by atoms with Gasteiger partial charge in [-0.2, -0.15) is 0 Å². The molecule has 0 bridgehead atoms. The number of carbonyl (C=O) groups is 1. The third-order valence-electron chi connectivity index (χ3n) is 3.19. The first-order valence-corrected chi connectivity index (χ1v) is 6.28. The number of nitrogens with zero attached hydrogens (tertiary/aromatic N) is 2. The van der Waals surface area contributed by atoms with Crippen molar-refractivity contribution in [2.45, 2.75) is 6.54 Å². The Hall–Kier alpha value is -2.89. The van der Waals surface area contributed by atoms with Crippen LogP contribution in [-0.2, 0) is 11.3 Å². The quantitative estimate of drug-likeness (QED) is 0.724. The van der Waals surface area contributed by atoms with Crippen LogP contribution >= 0.6 is 0 Å². The summed E-state index contributed by atoms with van der Waals surface area (Å²) in [6.07, 6.45) is 0. The second-order valence-electron chi connectivity index (χ2n) is 4.64. The molecule has 0 unspecified atom stereocenters. The molecule has 5 nitrogen and oxygen atoms in total. The van der Waals surface area contributed by atoms with Crippen LogP contribution in [0, 0.1) is 5.82 Å². The van der Waals surface area contributed by atoms with E-state index in [1.807, 2.05) is 0 Å². The fourth-order valence-electron chi connectivity index (χ4n) is 2.31. The van der Waals surface area contributed by atoms with E-state index in [-0.39, 0.29) is 6.54 Å². The molecule has 3 rings (SSSR count). The highest BCUT2D eigenvalue weighted by atomic mass is 19.1. The number of hydrogen-bond donors (Lipinski definition) is 2. The van der Waals surface area contributed by atoms with Gasteiger partial charge in [0.2, 0.25) is 0 Å². The zero-order valence-electron chi connectivity index (χ0n) is 11.0. The van der Waals surface area contributed by atoms with Crippen LogP contribution in [0.15, 0.2) is 42.5 Å². The highest BCUT2D eigenvalue weighted by Gasteiger charge is 2.16. The number of nitrogens with two attached hydrogens (primary N) is 1. The van der Waals surface area contributed by atoms with Crippen LogP contribution in [0.1, 0.15) is 0 Å². The number of fused-ring (bicyclic) bond motifs is 1. The number of para-hydroxylation sites is 1. The smallest absolute Gasteiger partial charge is 0.323 e. The van der Waals surface area contributed by atoms with E-state index in [9.17, 15) is 9.18 Å². The summed E-state index contributed by atoms with van der Waals surface area (Å²) in [7, 11) is 0. The van der Waals surface area contributed by atoms with Crippen LogP contribution < -0.4 is 5.73 Å². The lowest BCUT2D eigenvalue weighted by Crippen LogP contribution is -2.10. The maximum atomic E-state index is 13.4. The van der Waals surface area contributed by atoms with Crippen LogP contribution in [-0.4, -0.2) is 20.6 Å². The molecule has 0 atom stereocenters. The zero-order chi connectivity index (χ0) is 15.0. The van der Waals surface area contributed by atoms with E-state index < -0.39 is 11.8 Å². The van der Waals surface area contributed by atoms with Crippen LogP contribution in [0.3, 0.4) is 0 Å². The van der Waals surface area contributed by atoms with Crippen molar-refractivity contribution in [3.63, 3.8) is 0 Å². The standard InChI is InChI=1S/C15H12FN3O2/c16-10-4-1-3-9(7-10)15-18-14-11(17)5-2-6-12(14)19(15)8-13(20)21/h1-7H,8,17H2,(H,20,21). The Kier molecular flexibility index (Phi) is 3.06. The SMILES string of the molecule is Nc1cccc2c1nc(-c1cccc(F)c1)n2CC(=O)O. The largest absolute Gasteiger partial charge is 0.480 e. The van der Waals surface area contributed by atoms with E-state index in [4.69, 9.17) is 10.8 Å². The topological polar surface area (TPSA) is 81.1 Å². The van der Waals surface area contributed by atoms with Gasteiger partial charge in [-0.25, -0.2) is 9.37 Å². The van der Waals surface area contributed by atoms with Crippen molar-refractivity contribution in [1.82, 2.24) is 9.55 Å². The molecule has 21 heavy (non-hydrogen) atoms. The fourth-order valence-corrected chi connectivity index (χ4v) is 2.31. The van der Waals surface area contributed by atoms with Crippen molar-refractivity contribution in [2.75, 3.05) is 5.73 Å². The van der Waals surface area contributed by atoms with E-state index in [1.165, 1.54) is 16.7 Å². The average Bonchev–Trinajstić information content (AvgIpc) is 2.79. The van der Waals surface area contributed by atoms with Gasteiger partial charge in [-0.15, -0.1) is 0 Å². The first-order chi connectivity index (χ1) is 10.1. The number of rotatable bonds is 3. The summed E-state index contributed by atoms with van der Waals surface area (Å²) in [5.41, 5.74) is 7.96. The molecule has 0 fully saturated rings. The summed E-state index contributed by atoms with van der Waals surface area (Å²) < 4.78 is 14.9. The number of imidazole rings is 1. The number of anilines is 1. The number of aromatic nitrogens is 2. The number of benzene rings is 2. The highest BCUT2D eigenvalue weighted by molar-refractivity contribution is 5.91. The van der Waals surface area contributed by atoms with Gasteiger partial charge in [-0.1, -0.05) is 18.2 Å². The maximum Gasteiger partial charge on any atom is 0.323 e. The molecule has 3 aromatic rings. The number of nitrogen functional groups attached to an aromatic ring is 1. The second-order valence-corrected chi connectivity index (χ2v) is 4.64. The number of halogens is 1. The van der Waals surface area contributed by atoms with Crippen molar-refractivity contribution in [3.8, 4) is 11.4 Å². The molecule has 2 aromatic carbocycles. The lowest BCUT2D eigenvalue weighted by Gasteiger charge is -2.06. The summed E-state index contributed by atoms with van der Waals surface area (Å²) >= 11 is 0. The van der Waals surface area contributed by atoms with Crippen LogP contribution in [0.25, 0.3) is 22.4 Å². The monoisotopic (exact) mass is 285 g/mol. The minimum Gasteiger partial charge on any atom is -0.480 e. The molecule has 0 radical (unpaired) electrons. The van der Waals surface area contributed by atoms with Gasteiger partial charge in [0.15, 0.2) is 0 Å². The van der Waals surface area contributed by atoms with E-state index in [1.54, 1.807) is 30.3 Å². The third kappa shape index (κ3) is 2.31. The number of carboxylic acid groups (broad SMARTS) is 1. The predicted octanol–water partition coefficient (Wildman–Crippen LogP) is 2.51. The first kappa shape index (κ1) is 13.1. The van der Waals surface area contributed by atoms with Gasteiger partial charge >= 0.3 is 5.97 Å². The zero-order valence-corrected chi connectivity index (χ0v) is 11.0. The molecular formula is C15H12FN3O2. The molecule has 6 heteroatoms. The second kappa shape index (κ2) is 4.90. The van der Waals surface area contributed by atoms with Crippen molar-refractivity contribution in [3.05, 3.63) is 48.3 Å². The Bertz CT molecular complexity index is 842. The van der Waals surface area contributed by atoms with E-state index in [0.717, 1.165) is 0 Å². The van der Waals surface area contributed by atoms with Crippen molar-refractivity contribution >= 4 is 22.7 Å². The summed E-state index contributed by atoms with van der Waals surface area (Å²) in [5, 5.41) is 9.09. The van der Waals surface area contributed by atoms with Crippen LogP contribution in [0.4, 0.5) is 10.1 Å². The van der Waals surface area contributed by atoms with Gasteiger partial charge < -0.3 is 15.4 Å². The molecule has 0 saturated carbocycles. The van der Waals surface area contributed by atoms with Gasteiger partial charge in [0, 0.05) is 5.56 Å². The molecular weight excluding hydrogens is 273 g/mol. The Morgan fingerprint density at radius 1 is 1.29 bits per heavy atom. The molecule has 0 aliphatic heterocycles. The summed E-state index contributed by atoms with van der Waals surface area (Å²) in [6, 6.07) is 11.0.